The molecule has 0 saturated heterocycles. The first-order valence-electron chi connectivity index (χ1n) is 12.0. The van der Waals surface area contributed by atoms with Crippen molar-refractivity contribution in [3.05, 3.63) is 105 Å². The van der Waals surface area contributed by atoms with E-state index >= 15 is 0 Å². The number of nitrogens with one attached hydrogen (secondary N) is 2. The van der Waals surface area contributed by atoms with Gasteiger partial charge < -0.3 is 15.8 Å². The van der Waals surface area contributed by atoms with Gasteiger partial charge in [0.05, 0.1) is 17.1 Å². The Bertz CT molecular complexity index is 1630. The first-order valence-corrected chi connectivity index (χ1v) is 13.3. The number of carbonyl (C=O) groups is 3. The molecule has 0 saturated carbocycles. The third kappa shape index (κ3) is 5.44. The van der Waals surface area contributed by atoms with Gasteiger partial charge in [0, 0.05) is 22.2 Å². The molecule has 5 rings (SSSR count). The van der Waals surface area contributed by atoms with Crippen molar-refractivity contribution in [1.29, 1.82) is 0 Å². The van der Waals surface area contributed by atoms with Crippen LogP contribution in [0.15, 0.2) is 88.9 Å². The van der Waals surface area contributed by atoms with Crippen molar-refractivity contribution in [2.45, 2.75) is 13.3 Å². The summed E-state index contributed by atoms with van der Waals surface area (Å²) in [5, 5.41) is 27.5. The van der Waals surface area contributed by atoms with Crippen LogP contribution in [0.25, 0.3) is 11.3 Å². The number of carbonyl (C=O) groups excluding carboxylic acids is 3. The number of amides is 3. The van der Waals surface area contributed by atoms with Crippen LogP contribution < -0.4 is 20.8 Å². The summed E-state index contributed by atoms with van der Waals surface area (Å²) in [6.45, 7) is 2.01. The topological polar surface area (TPSA) is 138 Å². The van der Waals surface area contributed by atoms with Crippen LogP contribution in [0.4, 0.5) is 22.2 Å². The minimum atomic E-state index is -0.620. The van der Waals surface area contributed by atoms with Gasteiger partial charge in [-0.3, -0.25) is 24.9 Å². The second kappa shape index (κ2) is 11.3. The largest absolute Gasteiger partial charge is 0.733 e. The number of hydrogen-bond donors (Lipinski definition) is 3. The van der Waals surface area contributed by atoms with E-state index in [9.17, 15) is 19.6 Å². The van der Waals surface area contributed by atoms with Crippen molar-refractivity contribution < 1.29 is 19.6 Å². The molecule has 1 aromatic heterocycles. The summed E-state index contributed by atoms with van der Waals surface area (Å²) in [5.74, 6) is -1.60. The Morgan fingerprint density at radius 2 is 1.80 bits per heavy atom. The van der Waals surface area contributed by atoms with E-state index in [1.807, 2.05) is 19.1 Å². The molecule has 0 radical (unpaired) electrons. The molecule has 202 valence electrons. The summed E-state index contributed by atoms with van der Waals surface area (Å²) in [6.07, 6.45) is 0.829. The third-order valence-electron chi connectivity index (χ3n) is 6.13. The van der Waals surface area contributed by atoms with Gasteiger partial charge in [-0.2, -0.15) is 0 Å². The predicted octanol–water partition coefficient (Wildman–Crippen LogP) is 5.75. The molecule has 4 aromatic rings. The number of imide groups is 1. The Morgan fingerprint density at radius 1 is 1.07 bits per heavy atom. The minimum Gasteiger partial charge on any atom is -0.733 e. The summed E-state index contributed by atoms with van der Waals surface area (Å²) >= 11 is 7.43. The summed E-state index contributed by atoms with van der Waals surface area (Å²) in [4.78, 5) is 43.9. The fourth-order valence-corrected chi connectivity index (χ4v) is 4.92. The second-order valence-corrected chi connectivity index (χ2v) is 9.91. The smallest absolute Gasteiger partial charge is 0.283 e. The van der Waals surface area contributed by atoms with E-state index in [4.69, 9.17) is 16.8 Å². The minimum absolute atomic E-state index is 0.0517. The number of aryl methyl sites for hydroxylation is 1. The molecule has 1 aliphatic heterocycles. The number of nitrogens with zero attached hydrogens (tertiary/aromatic N) is 3. The van der Waals surface area contributed by atoms with Crippen molar-refractivity contribution in [3.63, 3.8) is 0 Å². The van der Waals surface area contributed by atoms with Crippen molar-refractivity contribution in [3.8, 4) is 11.3 Å². The van der Waals surface area contributed by atoms with Crippen molar-refractivity contribution in [1.82, 2.24) is 4.98 Å². The average molecular weight is 575 g/mol. The van der Waals surface area contributed by atoms with E-state index in [1.165, 1.54) is 23.5 Å². The highest BCUT2D eigenvalue weighted by molar-refractivity contribution is 7.14. The maximum atomic E-state index is 13.0. The molecule has 10 nitrogen and oxygen atoms in total. The zero-order chi connectivity index (χ0) is 28.4. The molecule has 12 heteroatoms. The number of hydrogen-bond acceptors (Lipinski definition) is 9. The number of aromatic nitrogens is 1. The highest BCUT2D eigenvalue weighted by Gasteiger charge is 2.38. The molecule has 0 bridgehead atoms. The fourth-order valence-electron chi connectivity index (χ4n) is 3.99. The maximum absolute atomic E-state index is 13.0. The molecular weight excluding hydrogens is 554 g/mol. The lowest BCUT2D eigenvalue weighted by atomic mass is 10.1. The third-order valence-corrected chi connectivity index (χ3v) is 7.24. The van der Waals surface area contributed by atoms with Gasteiger partial charge >= 0.3 is 0 Å². The molecule has 40 heavy (non-hydrogen) atoms. The van der Waals surface area contributed by atoms with Crippen molar-refractivity contribution in [2.24, 2.45) is 0 Å². The number of thiazole rings is 1. The normalized spacial score (nSPS) is 13.2. The molecule has 3 N–H and O–H groups in total. The number of benzene rings is 3. The van der Waals surface area contributed by atoms with E-state index in [0.717, 1.165) is 16.9 Å². The molecule has 3 amide bonds. The van der Waals surface area contributed by atoms with Gasteiger partial charge in [0.1, 0.15) is 10.7 Å². The van der Waals surface area contributed by atoms with Crippen LogP contribution in [0, 0.1) is 5.21 Å². The summed E-state index contributed by atoms with van der Waals surface area (Å²) in [6, 6.07) is 19.6. The number of halogens is 1. The molecule has 0 unspecified atom stereocenters. The van der Waals surface area contributed by atoms with E-state index in [1.54, 1.807) is 53.9 Å². The fraction of sp³-hybridized carbons (Fsp3) is 0.0714. The van der Waals surface area contributed by atoms with E-state index in [0.29, 0.717) is 33.3 Å². The lowest BCUT2D eigenvalue weighted by Gasteiger charge is -2.21. The zero-order valence-electron chi connectivity index (χ0n) is 20.9. The number of rotatable bonds is 8. The van der Waals surface area contributed by atoms with Crippen LogP contribution in [-0.2, 0) is 16.0 Å². The summed E-state index contributed by atoms with van der Waals surface area (Å²) < 4.78 is 0. The van der Waals surface area contributed by atoms with Crippen LogP contribution in [0.5, 0.6) is 0 Å². The molecule has 0 fully saturated rings. The molecule has 0 aliphatic carbocycles. The van der Waals surface area contributed by atoms with Crippen LogP contribution >= 0.6 is 22.9 Å². The van der Waals surface area contributed by atoms with E-state index in [2.05, 4.69) is 15.6 Å². The van der Waals surface area contributed by atoms with Gasteiger partial charge in [-0.25, -0.2) is 9.88 Å². The van der Waals surface area contributed by atoms with Crippen LogP contribution in [0.3, 0.4) is 0 Å². The van der Waals surface area contributed by atoms with Gasteiger partial charge in [-0.05, 0) is 60.5 Å². The second-order valence-electron chi connectivity index (χ2n) is 8.67. The van der Waals surface area contributed by atoms with Crippen LogP contribution in [0.1, 0.15) is 22.8 Å². The SMILES string of the molecule is CCc1ccc(N2C(=O)C(Cl)=C(Nc3ccc(C(=O)Nc4nc(-c5cccc(N([O-])O)c5)cs4)cc3)C2=O)cc1. The molecule has 0 spiro atoms. The van der Waals surface area contributed by atoms with Gasteiger partial charge in [0.25, 0.3) is 17.7 Å². The van der Waals surface area contributed by atoms with Gasteiger partial charge in [0.15, 0.2) is 5.13 Å². The molecule has 3 aromatic carbocycles. The quantitative estimate of drug-likeness (QED) is 0.178. The van der Waals surface area contributed by atoms with Crippen molar-refractivity contribution in [2.75, 3.05) is 20.8 Å². The zero-order valence-corrected chi connectivity index (χ0v) is 22.5. The Balaban J connectivity index is 1.25. The summed E-state index contributed by atoms with van der Waals surface area (Å²) in [5.41, 5.74) is 3.43. The lowest BCUT2D eigenvalue weighted by molar-refractivity contribution is -0.120. The number of anilines is 4. The Morgan fingerprint density at radius 3 is 2.48 bits per heavy atom. The molecule has 1 aliphatic rings. The van der Waals surface area contributed by atoms with Gasteiger partial charge in [0.2, 0.25) is 0 Å². The molecule has 2 heterocycles. The Hall–Kier alpha value is -4.55. The molecule has 0 atom stereocenters. The van der Waals surface area contributed by atoms with E-state index in [-0.39, 0.29) is 21.6 Å². The molecular formula is C28H21ClN5O5S-. The average Bonchev–Trinajstić information content (AvgIpc) is 3.52. The standard InChI is InChI=1S/C28H21ClN5O5S/c1-2-16-6-12-20(13-7-16)33-26(36)23(29)24(27(33)37)30-19-10-8-17(9-11-19)25(35)32-28-31-22(15-40-28)18-4-3-5-21(14-18)34(38)39/h3-15,30,38H,2H2,1H3,(H,31,32,35)/q-1. The van der Waals surface area contributed by atoms with Crippen LogP contribution in [-0.4, -0.2) is 27.9 Å². The highest BCUT2D eigenvalue weighted by Crippen LogP contribution is 2.31. The lowest BCUT2D eigenvalue weighted by Crippen LogP contribution is -2.32. The Labute approximate surface area is 237 Å². The predicted molar refractivity (Wildman–Crippen MR) is 154 cm³/mol. The first-order chi connectivity index (χ1) is 19.2. The van der Waals surface area contributed by atoms with Gasteiger partial charge in [-0.1, -0.05) is 42.8 Å². The highest BCUT2D eigenvalue weighted by atomic mass is 35.5. The maximum Gasteiger partial charge on any atom is 0.283 e. The first kappa shape index (κ1) is 27.0. The van der Waals surface area contributed by atoms with Crippen molar-refractivity contribution >= 4 is 62.9 Å². The summed E-state index contributed by atoms with van der Waals surface area (Å²) in [7, 11) is 0. The van der Waals surface area contributed by atoms with E-state index < -0.39 is 17.7 Å². The Kier molecular flexibility index (Phi) is 7.63. The monoisotopic (exact) mass is 574 g/mol. The van der Waals surface area contributed by atoms with Crippen LogP contribution in [0.2, 0.25) is 0 Å². The van der Waals surface area contributed by atoms with Gasteiger partial charge in [-0.15, -0.1) is 11.3 Å².